The molecule has 2 rings (SSSR count). The van der Waals surface area contributed by atoms with E-state index in [0.717, 1.165) is 24.3 Å². The van der Waals surface area contributed by atoms with E-state index in [-0.39, 0.29) is 18.4 Å². The molecular weight excluding hydrogens is 270 g/mol. The second-order valence-electron chi connectivity index (χ2n) is 5.21. The van der Waals surface area contributed by atoms with Crippen molar-refractivity contribution < 1.29 is 9.59 Å². The number of hydrogen-bond donors (Lipinski definition) is 2. The maximum atomic E-state index is 11.8. The molecule has 1 saturated heterocycles. The Kier molecular flexibility index (Phi) is 4.40. The average Bonchev–Trinajstić information content (AvgIpc) is 2.43. The summed E-state index contributed by atoms with van der Waals surface area (Å²) in [7, 11) is 0. The summed E-state index contributed by atoms with van der Waals surface area (Å²) in [6.45, 7) is 8.47. The second kappa shape index (κ2) is 6.07. The molecule has 2 N–H and O–H groups in total. The van der Waals surface area contributed by atoms with Crippen molar-refractivity contribution in [3.8, 4) is 0 Å². The Balaban J connectivity index is 2.40. The van der Waals surface area contributed by atoms with Crippen LogP contribution in [0.15, 0.2) is 0 Å². The summed E-state index contributed by atoms with van der Waals surface area (Å²) in [6, 6.07) is -0.435. The number of anilines is 2. The van der Waals surface area contributed by atoms with Gasteiger partial charge in [-0.15, -0.1) is 0 Å². The predicted octanol–water partition coefficient (Wildman–Crippen LogP) is 0.767. The lowest BCUT2D eigenvalue weighted by atomic mass is 10.1. The fourth-order valence-corrected chi connectivity index (χ4v) is 2.28. The van der Waals surface area contributed by atoms with Gasteiger partial charge < -0.3 is 10.2 Å². The maximum absolute atomic E-state index is 11.8. The van der Waals surface area contributed by atoms with Crippen LogP contribution in [0.3, 0.4) is 0 Å². The molecule has 2 heterocycles. The highest BCUT2D eigenvalue weighted by molar-refractivity contribution is 6.04. The van der Waals surface area contributed by atoms with E-state index >= 15 is 0 Å². The first-order valence-electron chi connectivity index (χ1n) is 7.13. The molecule has 7 heteroatoms. The van der Waals surface area contributed by atoms with Gasteiger partial charge in [0.2, 0.25) is 11.8 Å². The Morgan fingerprint density at radius 1 is 1.33 bits per heavy atom. The number of imide groups is 1. The van der Waals surface area contributed by atoms with Crippen LogP contribution in [0.25, 0.3) is 0 Å². The summed E-state index contributed by atoms with van der Waals surface area (Å²) in [4.78, 5) is 34.0. The number of rotatable bonds is 4. The highest BCUT2D eigenvalue weighted by Crippen LogP contribution is 2.26. The molecule has 1 aromatic rings. The molecule has 1 fully saturated rings. The van der Waals surface area contributed by atoms with Crippen LogP contribution in [0, 0.1) is 13.8 Å². The van der Waals surface area contributed by atoms with E-state index in [9.17, 15) is 9.59 Å². The minimum absolute atomic E-state index is 0.122. The Morgan fingerprint density at radius 3 is 2.71 bits per heavy atom. The molecule has 0 aromatic carbocycles. The van der Waals surface area contributed by atoms with Crippen molar-refractivity contribution in [2.45, 2.75) is 40.2 Å². The smallest absolute Gasteiger partial charge is 0.249 e. The first kappa shape index (κ1) is 15.2. The van der Waals surface area contributed by atoms with E-state index in [1.807, 2.05) is 6.92 Å². The van der Waals surface area contributed by atoms with Crippen LogP contribution < -0.4 is 15.5 Å². The summed E-state index contributed by atoms with van der Waals surface area (Å²) >= 11 is 0. The largest absolute Gasteiger partial charge is 0.370 e. The number of carbonyl (C=O) groups excluding carboxylic acids is 2. The molecule has 0 bridgehead atoms. The molecule has 1 aliphatic rings. The van der Waals surface area contributed by atoms with Crippen molar-refractivity contribution in [3.63, 3.8) is 0 Å². The Labute approximate surface area is 124 Å². The molecule has 0 saturated carbocycles. The lowest BCUT2D eigenvalue weighted by molar-refractivity contribution is -0.132. The fraction of sp³-hybridized carbons (Fsp3) is 0.571. The molecule has 114 valence electrons. The van der Waals surface area contributed by atoms with E-state index < -0.39 is 6.04 Å². The second-order valence-corrected chi connectivity index (χ2v) is 5.21. The Bertz CT molecular complexity index is 573. The summed E-state index contributed by atoms with van der Waals surface area (Å²) in [6.07, 6.45) is 0.985. The van der Waals surface area contributed by atoms with E-state index in [4.69, 9.17) is 0 Å². The average molecular weight is 291 g/mol. The van der Waals surface area contributed by atoms with Gasteiger partial charge in [0.1, 0.15) is 23.5 Å². The highest BCUT2D eigenvalue weighted by Gasteiger charge is 2.32. The number of hydrogen-bond acceptors (Lipinski definition) is 6. The fourth-order valence-electron chi connectivity index (χ4n) is 2.28. The van der Waals surface area contributed by atoms with Crippen molar-refractivity contribution >= 4 is 23.5 Å². The lowest BCUT2D eigenvalue weighted by Crippen LogP contribution is -2.57. The standard InChI is InChI=1S/C14H21N5O2/c1-5-6-15-12-8(2)13(17-10(4)16-12)19-7-11(20)18-14(21)9(19)3/h9H,5-7H2,1-4H3,(H,15,16,17)(H,18,20,21). The summed E-state index contributed by atoms with van der Waals surface area (Å²) in [5.41, 5.74) is 0.850. The number of aryl methyl sites for hydroxylation is 1. The van der Waals surface area contributed by atoms with Gasteiger partial charge in [0.15, 0.2) is 0 Å². The zero-order valence-electron chi connectivity index (χ0n) is 12.9. The number of amides is 2. The van der Waals surface area contributed by atoms with Gasteiger partial charge in [-0.2, -0.15) is 0 Å². The molecule has 1 aromatic heterocycles. The zero-order chi connectivity index (χ0) is 15.6. The third kappa shape index (κ3) is 3.12. The van der Waals surface area contributed by atoms with Gasteiger partial charge in [0.05, 0.1) is 6.54 Å². The van der Waals surface area contributed by atoms with Crippen LogP contribution in [0.2, 0.25) is 0 Å². The summed E-state index contributed by atoms with van der Waals surface area (Å²) < 4.78 is 0. The van der Waals surface area contributed by atoms with Crippen molar-refractivity contribution in [3.05, 3.63) is 11.4 Å². The van der Waals surface area contributed by atoms with Crippen LogP contribution in [0.5, 0.6) is 0 Å². The van der Waals surface area contributed by atoms with Gasteiger partial charge >= 0.3 is 0 Å². The predicted molar refractivity (Wildman–Crippen MR) is 80.2 cm³/mol. The monoisotopic (exact) mass is 291 g/mol. The van der Waals surface area contributed by atoms with Crippen molar-refractivity contribution in [1.82, 2.24) is 15.3 Å². The SMILES string of the molecule is CCCNc1nc(C)nc(N2CC(=O)NC(=O)C2C)c1C. The van der Waals surface area contributed by atoms with E-state index in [2.05, 4.69) is 27.5 Å². The lowest BCUT2D eigenvalue weighted by Gasteiger charge is -2.33. The summed E-state index contributed by atoms with van der Waals surface area (Å²) in [5, 5.41) is 5.59. The van der Waals surface area contributed by atoms with Crippen LogP contribution in [0.1, 0.15) is 31.7 Å². The number of piperazine rings is 1. The zero-order valence-corrected chi connectivity index (χ0v) is 12.9. The molecule has 2 amide bonds. The number of aromatic nitrogens is 2. The maximum Gasteiger partial charge on any atom is 0.249 e. The molecule has 0 radical (unpaired) electrons. The molecule has 21 heavy (non-hydrogen) atoms. The van der Waals surface area contributed by atoms with Gasteiger partial charge in [-0.3, -0.25) is 14.9 Å². The number of nitrogens with zero attached hydrogens (tertiary/aromatic N) is 3. The van der Waals surface area contributed by atoms with Crippen LogP contribution in [-0.2, 0) is 9.59 Å². The highest BCUT2D eigenvalue weighted by atomic mass is 16.2. The normalized spacial score (nSPS) is 18.7. The number of carbonyl (C=O) groups is 2. The van der Waals surface area contributed by atoms with Gasteiger partial charge in [0, 0.05) is 12.1 Å². The van der Waals surface area contributed by atoms with Crippen LogP contribution in [0.4, 0.5) is 11.6 Å². The van der Waals surface area contributed by atoms with Crippen molar-refractivity contribution in [1.29, 1.82) is 0 Å². The molecule has 7 nitrogen and oxygen atoms in total. The van der Waals surface area contributed by atoms with E-state index in [0.29, 0.717) is 11.6 Å². The van der Waals surface area contributed by atoms with E-state index in [1.54, 1.807) is 18.7 Å². The van der Waals surface area contributed by atoms with Crippen LogP contribution >= 0.6 is 0 Å². The molecule has 0 aliphatic carbocycles. The first-order valence-corrected chi connectivity index (χ1v) is 7.13. The van der Waals surface area contributed by atoms with Gasteiger partial charge in [-0.1, -0.05) is 6.92 Å². The minimum atomic E-state index is -0.435. The van der Waals surface area contributed by atoms with E-state index in [1.165, 1.54) is 0 Å². The van der Waals surface area contributed by atoms with Crippen molar-refractivity contribution in [2.75, 3.05) is 23.3 Å². The third-order valence-corrected chi connectivity index (χ3v) is 3.47. The van der Waals surface area contributed by atoms with Gasteiger partial charge in [-0.05, 0) is 27.2 Å². The molecule has 1 atom stereocenters. The Hall–Kier alpha value is -2.18. The topological polar surface area (TPSA) is 87.2 Å². The first-order chi connectivity index (χ1) is 9.93. The van der Waals surface area contributed by atoms with Gasteiger partial charge in [0.25, 0.3) is 0 Å². The minimum Gasteiger partial charge on any atom is -0.370 e. The van der Waals surface area contributed by atoms with Crippen molar-refractivity contribution in [2.24, 2.45) is 0 Å². The van der Waals surface area contributed by atoms with Gasteiger partial charge in [-0.25, -0.2) is 9.97 Å². The third-order valence-electron chi connectivity index (χ3n) is 3.47. The molecular formula is C14H21N5O2. The summed E-state index contributed by atoms with van der Waals surface area (Å²) in [5.74, 6) is 1.39. The molecule has 1 unspecified atom stereocenters. The molecule has 1 aliphatic heterocycles. The molecule has 0 spiro atoms. The number of nitrogens with one attached hydrogen (secondary N) is 2. The Morgan fingerprint density at radius 2 is 2.05 bits per heavy atom. The van der Waals surface area contributed by atoms with Crippen LogP contribution in [-0.4, -0.2) is 40.9 Å². The quantitative estimate of drug-likeness (QED) is 0.797.